The van der Waals surface area contributed by atoms with Crippen LogP contribution in [0.1, 0.15) is 16.8 Å². The molecule has 1 fully saturated rings. The third kappa shape index (κ3) is 3.04. The van der Waals surface area contributed by atoms with Crippen LogP contribution in [0.3, 0.4) is 0 Å². The van der Waals surface area contributed by atoms with Gasteiger partial charge >= 0.3 is 0 Å². The van der Waals surface area contributed by atoms with Crippen LogP contribution in [0.15, 0.2) is 22.9 Å². The van der Waals surface area contributed by atoms with Crippen molar-refractivity contribution in [2.45, 2.75) is 12.5 Å². The first kappa shape index (κ1) is 12.5. The smallest absolute Gasteiger partial charge is 0.254 e. The Hall–Kier alpha value is -0.950. The summed E-state index contributed by atoms with van der Waals surface area (Å²) < 4.78 is 23.0. The molecule has 0 aliphatic carbocycles. The molecule has 0 radical (unpaired) electrons. The molecule has 0 spiro atoms. The number of halogens is 1. The molecule has 1 aromatic rings. The summed E-state index contributed by atoms with van der Waals surface area (Å²) in [5.74, 6) is -0.130. The number of aromatic nitrogens is 1. The molecule has 2 rings (SSSR count). The number of rotatable bonds is 2. The van der Waals surface area contributed by atoms with Crippen molar-refractivity contribution in [2.75, 3.05) is 11.5 Å². The van der Waals surface area contributed by atoms with E-state index in [0.717, 1.165) is 0 Å². The molecule has 1 amide bonds. The van der Waals surface area contributed by atoms with Crippen LogP contribution in [0, 0.1) is 0 Å². The fourth-order valence-electron chi connectivity index (χ4n) is 1.73. The molecule has 1 aromatic heterocycles. The van der Waals surface area contributed by atoms with Crippen molar-refractivity contribution in [1.82, 2.24) is 10.3 Å². The average Bonchev–Trinajstić information content (AvgIpc) is 2.58. The second-order valence-corrected chi connectivity index (χ2v) is 6.90. The molecule has 92 valence electrons. The number of hydrogen-bond acceptors (Lipinski definition) is 4. The summed E-state index contributed by atoms with van der Waals surface area (Å²) >= 11 is 3.18. The molecule has 1 aliphatic rings. The Morgan fingerprint density at radius 1 is 1.53 bits per heavy atom. The van der Waals surface area contributed by atoms with Gasteiger partial charge in [-0.2, -0.15) is 0 Å². The van der Waals surface area contributed by atoms with Gasteiger partial charge in [0.1, 0.15) is 4.60 Å². The van der Waals surface area contributed by atoms with Crippen LogP contribution in [-0.2, 0) is 9.84 Å². The number of nitrogens with one attached hydrogen (secondary N) is 1. The Morgan fingerprint density at radius 3 is 2.88 bits per heavy atom. The molecule has 1 atom stereocenters. The number of sulfone groups is 1. The zero-order valence-electron chi connectivity index (χ0n) is 8.89. The lowest BCUT2D eigenvalue weighted by Gasteiger charge is -2.11. The van der Waals surface area contributed by atoms with Crippen molar-refractivity contribution in [3.63, 3.8) is 0 Å². The van der Waals surface area contributed by atoms with E-state index in [4.69, 9.17) is 0 Å². The maximum absolute atomic E-state index is 11.9. The average molecular weight is 319 g/mol. The van der Waals surface area contributed by atoms with E-state index >= 15 is 0 Å². The highest BCUT2D eigenvalue weighted by Crippen LogP contribution is 2.15. The van der Waals surface area contributed by atoms with Crippen molar-refractivity contribution in [1.29, 1.82) is 0 Å². The van der Waals surface area contributed by atoms with Crippen molar-refractivity contribution in [3.05, 3.63) is 28.5 Å². The number of carbonyl (C=O) groups is 1. The van der Waals surface area contributed by atoms with Crippen LogP contribution < -0.4 is 5.32 Å². The summed E-state index contributed by atoms with van der Waals surface area (Å²) in [6, 6.07) is 3.00. The number of pyridine rings is 1. The zero-order valence-corrected chi connectivity index (χ0v) is 11.3. The van der Waals surface area contributed by atoms with E-state index in [1.165, 1.54) is 0 Å². The Labute approximate surface area is 108 Å². The highest BCUT2D eigenvalue weighted by atomic mass is 79.9. The van der Waals surface area contributed by atoms with E-state index in [0.29, 0.717) is 16.6 Å². The topological polar surface area (TPSA) is 76.1 Å². The van der Waals surface area contributed by atoms with E-state index in [1.54, 1.807) is 18.3 Å². The Bertz CT molecular complexity index is 544. The van der Waals surface area contributed by atoms with Crippen molar-refractivity contribution >= 4 is 31.7 Å². The fourth-order valence-corrected chi connectivity index (χ4v) is 3.83. The number of hydrogen-bond donors (Lipinski definition) is 1. The Morgan fingerprint density at radius 2 is 2.29 bits per heavy atom. The Kier molecular flexibility index (Phi) is 3.48. The lowest BCUT2D eigenvalue weighted by Crippen LogP contribution is -2.35. The molecule has 0 aromatic carbocycles. The molecule has 1 N–H and O–H groups in total. The number of amides is 1. The van der Waals surface area contributed by atoms with Crippen LogP contribution in [0.5, 0.6) is 0 Å². The van der Waals surface area contributed by atoms with Crippen LogP contribution >= 0.6 is 15.9 Å². The van der Waals surface area contributed by atoms with Crippen LogP contribution in [0.4, 0.5) is 0 Å². The molecule has 1 saturated heterocycles. The standard InChI is InChI=1S/C10H11BrN2O3S/c11-9-8(2-1-4-12-9)10(14)13-7-3-5-17(15,16)6-7/h1-2,4,7H,3,5-6H2,(H,13,14). The summed E-state index contributed by atoms with van der Waals surface area (Å²) in [5.41, 5.74) is 0.414. The quantitative estimate of drug-likeness (QED) is 0.817. The molecule has 7 heteroatoms. The maximum atomic E-state index is 11.9. The van der Waals surface area contributed by atoms with Gasteiger partial charge < -0.3 is 5.32 Å². The van der Waals surface area contributed by atoms with E-state index in [9.17, 15) is 13.2 Å². The lowest BCUT2D eigenvalue weighted by molar-refractivity contribution is 0.0940. The highest BCUT2D eigenvalue weighted by Gasteiger charge is 2.29. The van der Waals surface area contributed by atoms with Crippen LogP contribution in [0.25, 0.3) is 0 Å². The van der Waals surface area contributed by atoms with Gasteiger partial charge in [0.05, 0.1) is 17.1 Å². The zero-order chi connectivity index (χ0) is 12.5. The first-order valence-electron chi connectivity index (χ1n) is 5.10. The van der Waals surface area contributed by atoms with Gasteiger partial charge in [-0.1, -0.05) is 0 Å². The Balaban J connectivity index is 2.06. The number of carbonyl (C=O) groups excluding carboxylic acids is 1. The van der Waals surface area contributed by atoms with Crippen molar-refractivity contribution < 1.29 is 13.2 Å². The molecule has 1 unspecified atom stereocenters. The van der Waals surface area contributed by atoms with Gasteiger partial charge in [0.15, 0.2) is 9.84 Å². The van der Waals surface area contributed by atoms with E-state index in [2.05, 4.69) is 26.2 Å². The summed E-state index contributed by atoms with van der Waals surface area (Å²) in [5, 5.41) is 2.70. The van der Waals surface area contributed by atoms with Gasteiger partial charge in [0.2, 0.25) is 0 Å². The summed E-state index contributed by atoms with van der Waals surface area (Å²) in [6.07, 6.45) is 2.05. The molecule has 0 bridgehead atoms. The third-order valence-corrected chi connectivity index (χ3v) is 4.97. The van der Waals surface area contributed by atoms with Gasteiger partial charge in [-0.15, -0.1) is 0 Å². The molecular formula is C10H11BrN2O3S. The SMILES string of the molecule is O=C(NC1CCS(=O)(=O)C1)c1cccnc1Br. The molecule has 17 heavy (non-hydrogen) atoms. The van der Waals surface area contributed by atoms with Crippen LogP contribution in [0.2, 0.25) is 0 Å². The molecule has 2 heterocycles. The molecule has 5 nitrogen and oxygen atoms in total. The van der Waals surface area contributed by atoms with Crippen LogP contribution in [-0.4, -0.2) is 36.9 Å². The first-order chi connectivity index (χ1) is 7.98. The largest absolute Gasteiger partial charge is 0.348 e. The predicted molar refractivity (Wildman–Crippen MR) is 66.5 cm³/mol. The molecule has 1 aliphatic heterocycles. The minimum absolute atomic E-state index is 0.0244. The van der Waals surface area contributed by atoms with Gasteiger partial charge in [-0.25, -0.2) is 13.4 Å². The normalized spacial score (nSPS) is 22.3. The highest BCUT2D eigenvalue weighted by molar-refractivity contribution is 9.10. The lowest BCUT2D eigenvalue weighted by atomic mass is 10.2. The third-order valence-electron chi connectivity index (χ3n) is 2.57. The maximum Gasteiger partial charge on any atom is 0.254 e. The van der Waals surface area contributed by atoms with E-state index < -0.39 is 9.84 Å². The van der Waals surface area contributed by atoms with Gasteiger partial charge in [-0.05, 0) is 34.5 Å². The second-order valence-electron chi connectivity index (χ2n) is 3.92. The molecular weight excluding hydrogens is 308 g/mol. The second kappa shape index (κ2) is 4.73. The predicted octanol–water partition coefficient (Wildman–Crippen LogP) is 0.761. The molecule has 0 saturated carbocycles. The van der Waals surface area contributed by atoms with Gasteiger partial charge in [-0.3, -0.25) is 4.79 Å². The minimum Gasteiger partial charge on any atom is -0.348 e. The van der Waals surface area contributed by atoms with E-state index in [1.807, 2.05) is 0 Å². The fraction of sp³-hybridized carbons (Fsp3) is 0.400. The summed E-state index contributed by atoms with van der Waals surface area (Å²) in [6.45, 7) is 0. The summed E-state index contributed by atoms with van der Waals surface area (Å²) in [7, 11) is -2.98. The minimum atomic E-state index is -2.98. The van der Waals surface area contributed by atoms with Crippen molar-refractivity contribution in [3.8, 4) is 0 Å². The first-order valence-corrected chi connectivity index (χ1v) is 7.71. The summed E-state index contributed by atoms with van der Waals surface area (Å²) in [4.78, 5) is 15.8. The van der Waals surface area contributed by atoms with Gasteiger partial charge in [0.25, 0.3) is 5.91 Å². The van der Waals surface area contributed by atoms with Gasteiger partial charge in [0, 0.05) is 12.2 Å². The number of nitrogens with zero attached hydrogens (tertiary/aromatic N) is 1. The van der Waals surface area contributed by atoms with Crippen molar-refractivity contribution in [2.24, 2.45) is 0 Å². The van der Waals surface area contributed by atoms with E-state index in [-0.39, 0.29) is 23.5 Å². The monoisotopic (exact) mass is 318 g/mol.